The highest BCUT2D eigenvalue weighted by Gasteiger charge is 2.25. The van der Waals surface area contributed by atoms with E-state index in [1.54, 1.807) is 0 Å². The summed E-state index contributed by atoms with van der Waals surface area (Å²) in [7, 11) is 1.47. The molecule has 0 saturated carbocycles. The summed E-state index contributed by atoms with van der Waals surface area (Å²) in [6, 6.07) is -0.534. The molecular formula is C15H27N5O3. The van der Waals surface area contributed by atoms with E-state index in [0.717, 1.165) is 45.3 Å². The van der Waals surface area contributed by atoms with E-state index in [9.17, 15) is 14.4 Å². The van der Waals surface area contributed by atoms with Crippen LogP contribution in [0.4, 0.5) is 4.79 Å². The summed E-state index contributed by atoms with van der Waals surface area (Å²) in [5.41, 5.74) is 0. The zero-order valence-electron chi connectivity index (χ0n) is 13.7. The first-order valence-electron chi connectivity index (χ1n) is 8.33. The van der Waals surface area contributed by atoms with Gasteiger partial charge in [-0.25, -0.2) is 4.79 Å². The number of urea groups is 1. The summed E-state index contributed by atoms with van der Waals surface area (Å²) in [6.07, 6.45) is 4.00. The van der Waals surface area contributed by atoms with Gasteiger partial charge in [-0.05, 0) is 44.7 Å². The number of carbonyl (C=O) groups excluding carboxylic acids is 3. The third-order valence-corrected chi connectivity index (χ3v) is 4.39. The molecule has 23 heavy (non-hydrogen) atoms. The van der Waals surface area contributed by atoms with Gasteiger partial charge >= 0.3 is 6.03 Å². The van der Waals surface area contributed by atoms with E-state index in [1.165, 1.54) is 7.05 Å². The van der Waals surface area contributed by atoms with Gasteiger partial charge in [-0.3, -0.25) is 19.8 Å². The fourth-order valence-electron chi connectivity index (χ4n) is 3.17. The minimum atomic E-state index is -0.486. The van der Waals surface area contributed by atoms with E-state index in [0.29, 0.717) is 12.5 Å². The van der Waals surface area contributed by atoms with Crippen LogP contribution in [-0.4, -0.2) is 68.6 Å². The van der Waals surface area contributed by atoms with Crippen molar-refractivity contribution in [1.82, 2.24) is 26.2 Å². The second-order valence-corrected chi connectivity index (χ2v) is 6.26. The number of amides is 4. The third-order valence-electron chi connectivity index (χ3n) is 4.39. The van der Waals surface area contributed by atoms with Gasteiger partial charge in [-0.15, -0.1) is 0 Å². The molecule has 0 aromatic heterocycles. The van der Waals surface area contributed by atoms with Crippen LogP contribution in [0, 0.1) is 5.92 Å². The molecule has 2 unspecified atom stereocenters. The van der Waals surface area contributed by atoms with E-state index in [-0.39, 0.29) is 24.4 Å². The maximum absolute atomic E-state index is 12.0. The first kappa shape index (κ1) is 17.7. The van der Waals surface area contributed by atoms with Gasteiger partial charge in [0.2, 0.25) is 11.8 Å². The lowest BCUT2D eigenvalue weighted by molar-refractivity contribution is -0.124. The van der Waals surface area contributed by atoms with Crippen LogP contribution in [-0.2, 0) is 9.59 Å². The summed E-state index contributed by atoms with van der Waals surface area (Å²) < 4.78 is 0. The van der Waals surface area contributed by atoms with E-state index >= 15 is 0 Å². The number of carbonyl (C=O) groups is 3. The zero-order chi connectivity index (χ0) is 16.7. The summed E-state index contributed by atoms with van der Waals surface area (Å²) >= 11 is 0. The van der Waals surface area contributed by atoms with Crippen LogP contribution in [0.15, 0.2) is 0 Å². The predicted molar refractivity (Wildman–Crippen MR) is 85.8 cm³/mol. The monoisotopic (exact) mass is 325 g/mol. The molecule has 4 amide bonds. The first-order chi connectivity index (χ1) is 11.1. The highest BCUT2D eigenvalue weighted by atomic mass is 16.2. The normalized spacial score (nSPS) is 24.9. The van der Waals surface area contributed by atoms with Crippen molar-refractivity contribution in [2.24, 2.45) is 5.92 Å². The van der Waals surface area contributed by atoms with E-state index < -0.39 is 6.03 Å². The Morgan fingerprint density at radius 2 is 2.04 bits per heavy atom. The van der Waals surface area contributed by atoms with Gasteiger partial charge in [0.1, 0.15) is 0 Å². The Morgan fingerprint density at radius 1 is 1.22 bits per heavy atom. The van der Waals surface area contributed by atoms with Crippen LogP contribution in [0.5, 0.6) is 0 Å². The fourth-order valence-corrected chi connectivity index (χ4v) is 3.17. The lowest BCUT2D eigenvalue weighted by atomic mass is 9.98. The van der Waals surface area contributed by atoms with Crippen LogP contribution in [0.1, 0.15) is 25.7 Å². The molecule has 2 aliphatic heterocycles. The summed E-state index contributed by atoms with van der Waals surface area (Å²) in [5.74, 6) is 0.128. The van der Waals surface area contributed by atoms with Gasteiger partial charge in [0.05, 0.1) is 12.6 Å². The SMILES string of the molecule is CNC(=O)NC(=O)CN1CCCC(CNC(=O)C2CCCN2)C1. The molecule has 2 fully saturated rings. The van der Waals surface area contributed by atoms with Crippen molar-refractivity contribution >= 4 is 17.8 Å². The van der Waals surface area contributed by atoms with Crippen molar-refractivity contribution in [2.75, 3.05) is 39.8 Å². The minimum absolute atomic E-state index is 0.0481. The molecule has 0 aliphatic carbocycles. The van der Waals surface area contributed by atoms with Crippen molar-refractivity contribution in [1.29, 1.82) is 0 Å². The molecule has 2 rings (SSSR count). The molecule has 0 radical (unpaired) electrons. The Balaban J connectivity index is 1.69. The standard InChI is InChI=1S/C15H27N5O3/c1-16-15(23)19-13(21)10-20-7-3-4-11(9-20)8-18-14(22)12-5-2-6-17-12/h11-12,17H,2-10H2,1H3,(H,18,22)(H2,16,19,21,23). The molecule has 2 atom stereocenters. The number of hydrogen-bond donors (Lipinski definition) is 4. The maximum atomic E-state index is 12.0. The van der Waals surface area contributed by atoms with Gasteiger partial charge in [0, 0.05) is 20.1 Å². The molecule has 8 nitrogen and oxygen atoms in total. The Labute approximate surface area is 136 Å². The summed E-state index contributed by atoms with van der Waals surface area (Å²) in [5, 5.41) is 10.8. The molecular weight excluding hydrogens is 298 g/mol. The third kappa shape index (κ3) is 5.80. The lowest BCUT2D eigenvalue weighted by Gasteiger charge is -2.32. The molecule has 0 aromatic rings. The highest BCUT2D eigenvalue weighted by molar-refractivity contribution is 5.95. The van der Waals surface area contributed by atoms with Gasteiger partial charge in [-0.2, -0.15) is 0 Å². The van der Waals surface area contributed by atoms with Gasteiger partial charge in [0.25, 0.3) is 0 Å². The van der Waals surface area contributed by atoms with E-state index in [2.05, 4.69) is 21.3 Å². The molecule has 2 aliphatic rings. The Hall–Kier alpha value is -1.67. The number of piperidine rings is 1. The minimum Gasteiger partial charge on any atom is -0.354 e. The summed E-state index contributed by atoms with van der Waals surface area (Å²) in [6.45, 7) is 3.37. The number of nitrogens with zero attached hydrogens (tertiary/aromatic N) is 1. The zero-order valence-corrected chi connectivity index (χ0v) is 13.7. The molecule has 130 valence electrons. The summed E-state index contributed by atoms with van der Waals surface area (Å²) in [4.78, 5) is 36.9. The Morgan fingerprint density at radius 3 is 2.74 bits per heavy atom. The number of rotatable bonds is 5. The molecule has 2 saturated heterocycles. The Bertz CT molecular complexity index is 437. The van der Waals surface area contributed by atoms with E-state index in [4.69, 9.17) is 0 Å². The lowest BCUT2D eigenvalue weighted by Crippen LogP contribution is -2.48. The van der Waals surface area contributed by atoms with Crippen LogP contribution in [0.25, 0.3) is 0 Å². The highest BCUT2D eigenvalue weighted by Crippen LogP contribution is 2.15. The smallest absolute Gasteiger partial charge is 0.321 e. The number of hydrogen-bond acceptors (Lipinski definition) is 5. The quantitative estimate of drug-likeness (QED) is 0.520. The predicted octanol–water partition coefficient (Wildman–Crippen LogP) is -0.978. The first-order valence-corrected chi connectivity index (χ1v) is 8.33. The molecule has 0 aromatic carbocycles. The number of likely N-dealkylation sites (tertiary alicyclic amines) is 1. The average molecular weight is 325 g/mol. The average Bonchev–Trinajstić information content (AvgIpc) is 3.07. The number of nitrogens with one attached hydrogen (secondary N) is 4. The second kappa shape index (κ2) is 8.83. The number of imide groups is 1. The van der Waals surface area contributed by atoms with Gasteiger partial charge in [-0.1, -0.05) is 0 Å². The van der Waals surface area contributed by atoms with Crippen LogP contribution >= 0.6 is 0 Å². The molecule has 4 N–H and O–H groups in total. The Kier molecular flexibility index (Phi) is 6.79. The van der Waals surface area contributed by atoms with Crippen molar-refractivity contribution in [2.45, 2.75) is 31.7 Å². The van der Waals surface area contributed by atoms with Crippen molar-refractivity contribution in [3.63, 3.8) is 0 Å². The van der Waals surface area contributed by atoms with Crippen LogP contribution in [0.3, 0.4) is 0 Å². The van der Waals surface area contributed by atoms with Crippen molar-refractivity contribution in [3.8, 4) is 0 Å². The van der Waals surface area contributed by atoms with Crippen LogP contribution < -0.4 is 21.3 Å². The van der Waals surface area contributed by atoms with Crippen LogP contribution in [0.2, 0.25) is 0 Å². The largest absolute Gasteiger partial charge is 0.354 e. The fraction of sp³-hybridized carbons (Fsp3) is 0.800. The van der Waals surface area contributed by atoms with Gasteiger partial charge < -0.3 is 16.0 Å². The van der Waals surface area contributed by atoms with E-state index in [1.807, 2.05) is 4.90 Å². The molecule has 8 heteroatoms. The van der Waals surface area contributed by atoms with Crippen molar-refractivity contribution < 1.29 is 14.4 Å². The molecule has 0 spiro atoms. The molecule has 2 heterocycles. The topological polar surface area (TPSA) is 103 Å². The van der Waals surface area contributed by atoms with Crippen molar-refractivity contribution in [3.05, 3.63) is 0 Å². The molecule has 0 bridgehead atoms. The maximum Gasteiger partial charge on any atom is 0.321 e. The van der Waals surface area contributed by atoms with Gasteiger partial charge in [0.15, 0.2) is 0 Å². The second-order valence-electron chi connectivity index (χ2n) is 6.26.